The Hall–Kier alpha value is -0.570. The molecule has 1 fully saturated rings. The highest BCUT2D eigenvalue weighted by molar-refractivity contribution is 9.10. The number of rotatable bonds is 5. The number of hydrogen-bond donors (Lipinski definition) is 0. The highest BCUT2D eigenvalue weighted by atomic mass is 79.9. The summed E-state index contributed by atoms with van der Waals surface area (Å²) in [5, 5.41) is 0. The van der Waals surface area contributed by atoms with Gasteiger partial charge in [0.2, 0.25) is 0 Å². The zero-order valence-electron chi connectivity index (χ0n) is 10.0. The van der Waals surface area contributed by atoms with E-state index in [9.17, 15) is 0 Å². The summed E-state index contributed by atoms with van der Waals surface area (Å²) in [6, 6.07) is 4.99. The minimum Gasteiger partial charge on any atom is -0.354 e. The lowest BCUT2D eigenvalue weighted by Crippen LogP contribution is -2.27. The van der Waals surface area contributed by atoms with Gasteiger partial charge >= 0.3 is 0 Å². The molecule has 1 aromatic rings. The van der Waals surface area contributed by atoms with Crippen molar-refractivity contribution < 1.29 is 0 Å². The van der Waals surface area contributed by atoms with Crippen LogP contribution >= 0.6 is 15.9 Å². The Balaban J connectivity index is 2.14. The number of nitrogens with zero attached hydrogens (tertiary/aromatic N) is 2. The molecule has 0 atom stereocenters. The average Bonchev–Trinajstić information content (AvgIpc) is 3.08. The van der Waals surface area contributed by atoms with Gasteiger partial charge in [0.25, 0.3) is 0 Å². The fourth-order valence-corrected chi connectivity index (χ4v) is 2.11. The summed E-state index contributed by atoms with van der Waals surface area (Å²) >= 11 is 3.50. The average molecular weight is 283 g/mol. The maximum absolute atomic E-state index is 4.67. The third-order valence-electron chi connectivity index (χ3n) is 3.04. The van der Waals surface area contributed by atoms with Gasteiger partial charge in [0.15, 0.2) is 0 Å². The molecule has 1 aromatic heterocycles. The third kappa shape index (κ3) is 2.76. The second-order valence-electron chi connectivity index (χ2n) is 4.51. The number of aromatic nitrogens is 1. The van der Waals surface area contributed by atoms with Gasteiger partial charge in [-0.1, -0.05) is 13.3 Å². The molecule has 1 saturated carbocycles. The molecule has 88 valence electrons. The number of pyridine rings is 1. The van der Waals surface area contributed by atoms with Crippen molar-refractivity contribution in [3.63, 3.8) is 0 Å². The van der Waals surface area contributed by atoms with E-state index in [1.165, 1.54) is 25.7 Å². The summed E-state index contributed by atoms with van der Waals surface area (Å²) in [6.07, 6.45) is 5.17. The molecule has 3 heteroatoms. The van der Waals surface area contributed by atoms with Crippen LogP contribution in [0, 0.1) is 6.92 Å². The molecule has 0 aliphatic heterocycles. The van der Waals surface area contributed by atoms with E-state index in [2.05, 4.69) is 51.8 Å². The summed E-state index contributed by atoms with van der Waals surface area (Å²) in [5.74, 6) is 1.15. The molecule has 2 rings (SSSR count). The lowest BCUT2D eigenvalue weighted by Gasteiger charge is -2.23. The van der Waals surface area contributed by atoms with Gasteiger partial charge in [0.05, 0.1) is 5.69 Å². The molecule has 1 aliphatic rings. The molecule has 0 unspecified atom stereocenters. The smallest absolute Gasteiger partial charge is 0.129 e. The van der Waals surface area contributed by atoms with E-state index in [1.54, 1.807) is 0 Å². The fraction of sp³-hybridized carbons (Fsp3) is 0.615. The Morgan fingerprint density at radius 1 is 1.44 bits per heavy atom. The van der Waals surface area contributed by atoms with Crippen LogP contribution in [0.4, 0.5) is 5.82 Å². The van der Waals surface area contributed by atoms with Crippen LogP contribution < -0.4 is 4.90 Å². The lowest BCUT2D eigenvalue weighted by atomic mass is 10.3. The fourth-order valence-electron chi connectivity index (χ4n) is 1.89. The van der Waals surface area contributed by atoms with Crippen LogP contribution in [0.1, 0.15) is 38.3 Å². The van der Waals surface area contributed by atoms with Crippen molar-refractivity contribution in [1.29, 1.82) is 0 Å². The Kier molecular flexibility index (Phi) is 3.85. The Bertz CT molecular complexity index is 361. The van der Waals surface area contributed by atoms with Gasteiger partial charge in [-0.15, -0.1) is 0 Å². The van der Waals surface area contributed by atoms with Crippen LogP contribution in [0.15, 0.2) is 16.6 Å². The minimum atomic E-state index is 0.750. The van der Waals surface area contributed by atoms with Gasteiger partial charge in [-0.3, -0.25) is 0 Å². The molecule has 1 heterocycles. The molecule has 0 spiro atoms. The van der Waals surface area contributed by atoms with Crippen molar-refractivity contribution in [3.8, 4) is 0 Å². The predicted octanol–water partition coefficient (Wildman–Crippen LogP) is 3.92. The van der Waals surface area contributed by atoms with Crippen LogP contribution in [0.2, 0.25) is 0 Å². The van der Waals surface area contributed by atoms with Gasteiger partial charge in [-0.05, 0) is 54.2 Å². The van der Waals surface area contributed by atoms with Crippen LogP contribution in [0.5, 0.6) is 0 Å². The topological polar surface area (TPSA) is 16.1 Å². The van der Waals surface area contributed by atoms with E-state index in [4.69, 9.17) is 0 Å². The van der Waals surface area contributed by atoms with Crippen LogP contribution in [0.25, 0.3) is 0 Å². The maximum atomic E-state index is 4.67. The molecular weight excluding hydrogens is 264 g/mol. The number of unbranched alkanes of at least 4 members (excludes halogenated alkanes) is 1. The van der Waals surface area contributed by atoms with E-state index in [-0.39, 0.29) is 0 Å². The predicted molar refractivity (Wildman–Crippen MR) is 72.0 cm³/mol. The van der Waals surface area contributed by atoms with E-state index in [0.29, 0.717) is 0 Å². The molecule has 1 aliphatic carbocycles. The molecule has 0 N–H and O–H groups in total. The lowest BCUT2D eigenvalue weighted by molar-refractivity contribution is 0.703. The van der Waals surface area contributed by atoms with Crippen molar-refractivity contribution in [2.45, 2.75) is 45.6 Å². The zero-order chi connectivity index (χ0) is 11.5. The van der Waals surface area contributed by atoms with Crippen molar-refractivity contribution >= 4 is 21.7 Å². The van der Waals surface area contributed by atoms with Crippen molar-refractivity contribution in [3.05, 3.63) is 22.3 Å². The Labute approximate surface area is 106 Å². The number of aryl methyl sites for hydroxylation is 1. The second kappa shape index (κ2) is 5.17. The standard InChI is InChI=1S/C13H19BrN2/c1-3-4-9-16(11-5-6-11)13-8-7-12(14)10(2)15-13/h7-8,11H,3-6,9H2,1-2H3. The zero-order valence-corrected chi connectivity index (χ0v) is 11.6. The molecule has 0 saturated heterocycles. The third-order valence-corrected chi connectivity index (χ3v) is 3.88. The molecule has 0 radical (unpaired) electrons. The first kappa shape index (κ1) is 11.9. The first-order valence-electron chi connectivity index (χ1n) is 6.12. The summed E-state index contributed by atoms with van der Waals surface area (Å²) in [5.41, 5.74) is 1.08. The minimum absolute atomic E-state index is 0.750. The van der Waals surface area contributed by atoms with Crippen molar-refractivity contribution in [2.24, 2.45) is 0 Å². The summed E-state index contributed by atoms with van der Waals surface area (Å²) < 4.78 is 1.10. The summed E-state index contributed by atoms with van der Waals surface area (Å²) in [6.45, 7) is 5.44. The van der Waals surface area contributed by atoms with Gasteiger partial charge < -0.3 is 4.90 Å². The van der Waals surface area contributed by atoms with Crippen LogP contribution in [-0.4, -0.2) is 17.6 Å². The second-order valence-corrected chi connectivity index (χ2v) is 5.37. The first-order chi connectivity index (χ1) is 7.72. The van der Waals surface area contributed by atoms with Gasteiger partial charge in [-0.25, -0.2) is 4.98 Å². The van der Waals surface area contributed by atoms with Crippen molar-refractivity contribution in [2.75, 3.05) is 11.4 Å². The van der Waals surface area contributed by atoms with Gasteiger partial charge in [0, 0.05) is 17.1 Å². The van der Waals surface area contributed by atoms with Crippen LogP contribution in [-0.2, 0) is 0 Å². The molecule has 0 amide bonds. The summed E-state index contributed by atoms with van der Waals surface area (Å²) in [4.78, 5) is 7.14. The highest BCUT2D eigenvalue weighted by Gasteiger charge is 2.29. The quantitative estimate of drug-likeness (QED) is 0.814. The number of hydrogen-bond acceptors (Lipinski definition) is 2. The van der Waals surface area contributed by atoms with Crippen LogP contribution in [0.3, 0.4) is 0 Å². The Morgan fingerprint density at radius 3 is 2.75 bits per heavy atom. The van der Waals surface area contributed by atoms with E-state index >= 15 is 0 Å². The molecule has 16 heavy (non-hydrogen) atoms. The SMILES string of the molecule is CCCCN(c1ccc(Br)c(C)n1)C1CC1. The maximum Gasteiger partial charge on any atom is 0.129 e. The normalized spacial score (nSPS) is 15.2. The monoisotopic (exact) mass is 282 g/mol. The molecule has 0 aromatic carbocycles. The van der Waals surface area contributed by atoms with Crippen molar-refractivity contribution in [1.82, 2.24) is 4.98 Å². The van der Waals surface area contributed by atoms with Gasteiger partial charge in [0.1, 0.15) is 5.82 Å². The first-order valence-corrected chi connectivity index (χ1v) is 6.91. The largest absolute Gasteiger partial charge is 0.354 e. The Morgan fingerprint density at radius 2 is 2.19 bits per heavy atom. The molecule has 0 bridgehead atoms. The number of anilines is 1. The van der Waals surface area contributed by atoms with E-state index in [0.717, 1.165) is 28.6 Å². The highest BCUT2D eigenvalue weighted by Crippen LogP contribution is 2.31. The van der Waals surface area contributed by atoms with Gasteiger partial charge in [-0.2, -0.15) is 0 Å². The van der Waals surface area contributed by atoms with E-state index < -0.39 is 0 Å². The molecular formula is C13H19BrN2. The molecule has 2 nitrogen and oxygen atoms in total. The summed E-state index contributed by atoms with van der Waals surface area (Å²) in [7, 11) is 0. The number of halogens is 1. The van der Waals surface area contributed by atoms with E-state index in [1.807, 2.05) is 0 Å².